The van der Waals surface area contributed by atoms with Gasteiger partial charge in [0.25, 0.3) is 0 Å². The Labute approximate surface area is 110 Å². The van der Waals surface area contributed by atoms with Gasteiger partial charge in [0.1, 0.15) is 6.33 Å². The Balaban J connectivity index is 1.83. The molecule has 1 aliphatic carbocycles. The molecule has 1 aromatic carbocycles. The van der Waals surface area contributed by atoms with Gasteiger partial charge in [0, 0.05) is 11.6 Å². The van der Waals surface area contributed by atoms with E-state index in [1.165, 1.54) is 6.33 Å². The van der Waals surface area contributed by atoms with Gasteiger partial charge in [-0.2, -0.15) is 0 Å². The van der Waals surface area contributed by atoms with Gasteiger partial charge < -0.3 is 5.32 Å². The van der Waals surface area contributed by atoms with Crippen molar-refractivity contribution >= 4 is 11.6 Å². The van der Waals surface area contributed by atoms with Crippen LogP contribution in [-0.4, -0.2) is 26.1 Å². The lowest BCUT2D eigenvalue weighted by Gasteiger charge is -2.24. The highest BCUT2D eigenvalue weighted by Crippen LogP contribution is 2.28. The van der Waals surface area contributed by atoms with Crippen LogP contribution in [0.25, 0.3) is 5.69 Å². The molecule has 1 heterocycles. The minimum Gasteiger partial charge on any atom is -0.326 e. The zero-order valence-electron chi connectivity index (χ0n) is 10.7. The van der Waals surface area contributed by atoms with Crippen molar-refractivity contribution in [1.82, 2.24) is 20.2 Å². The fourth-order valence-electron chi connectivity index (χ4n) is 2.07. The number of hydrogen-bond acceptors (Lipinski definition) is 4. The number of amides is 1. The van der Waals surface area contributed by atoms with Crippen LogP contribution in [0.5, 0.6) is 0 Å². The number of rotatable bonds is 3. The molecule has 1 aliphatic rings. The predicted molar refractivity (Wildman–Crippen MR) is 69.9 cm³/mol. The molecule has 1 N–H and O–H groups in total. The smallest absolute Gasteiger partial charge is 0.227 e. The normalized spacial score (nSPS) is 15.0. The van der Waals surface area contributed by atoms with Crippen LogP contribution in [0.15, 0.2) is 24.5 Å². The Morgan fingerprint density at radius 3 is 2.89 bits per heavy atom. The molecule has 98 valence electrons. The minimum atomic E-state index is 0.114. The Bertz CT molecular complexity index is 589. The van der Waals surface area contributed by atoms with E-state index >= 15 is 0 Å². The number of carbonyl (C=O) groups is 1. The van der Waals surface area contributed by atoms with E-state index in [4.69, 9.17) is 0 Å². The zero-order chi connectivity index (χ0) is 13.2. The van der Waals surface area contributed by atoms with Crippen LogP contribution in [0.3, 0.4) is 0 Å². The van der Waals surface area contributed by atoms with Gasteiger partial charge in [-0.15, -0.1) is 5.10 Å². The molecule has 0 radical (unpaired) electrons. The standard InChI is InChI=1S/C13H15N5O/c1-9-5-6-11(18-8-14-16-17-18)7-12(9)15-13(19)10-3-2-4-10/h5-8,10H,2-4H2,1H3,(H,15,19). The van der Waals surface area contributed by atoms with Gasteiger partial charge in [-0.1, -0.05) is 12.5 Å². The summed E-state index contributed by atoms with van der Waals surface area (Å²) in [7, 11) is 0. The SMILES string of the molecule is Cc1ccc(-n2cnnn2)cc1NC(=O)C1CCC1. The Morgan fingerprint density at radius 1 is 1.42 bits per heavy atom. The third-order valence-electron chi connectivity index (χ3n) is 3.57. The topological polar surface area (TPSA) is 72.7 Å². The molecule has 1 fully saturated rings. The summed E-state index contributed by atoms with van der Waals surface area (Å²) in [6.07, 6.45) is 4.68. The maximum Gasteiger partial charge on any atom is 0.227 e. The van der Waals surface area contributed by atoms with Gasteiger partial charge in [0.2, 0.25) is 5.91 Å². The van der Waals surface area contributed by atoms with Crippen LogP contribution in [0.4, 0.5) is 5.69 Å². The van der Waals surface area contributed by atoms with E-state index in [1.807, 2.05) is 25.1 Å². The van der Waals surface area contributed by atoms with E-state index in [9.17, 15) is 4.79 Å². The highest BCUT2D eigenvalue weighted by Gasteiger charge is 2.25. The lowest BCUT2D eigenvalue weighted by atomic mass is 9.85. The summed E-state index contributed by atoms with van der Waals surface area (Å²) in [6.45, 7) is 1.97. The predicted octanol–water partition coefficient (Wildman–Crippen LogP) is 1.71. The van der Waals surface area contributed by atoms with Crippen LogP contribution < -0.4 is 5.32 Å². The Hall–Kier alpha value is -2.24. The summed E-state index contributed by atoms with van der Waals surface area (Å²) < 4.78 is 1.57. The first-order valence-corrected chi connectivity index (χ1v) is 6.39. The summed E-state index contributed by atoms with van der Waals surface area (Å²) >= 11 is 0. The van der Waals surface area contributed by atoms with Crippen molar-refractivity contribution in [3.05, 3.63) is 30.1 Å². The first kappa shape index (κ1) is 11.8. The number of aromatic nitrogens is 4. The summed E-state index contributed by atoms with van der Waals surface area (Å²) in [6, 6.07) is 5.76. The molecule has 0 bridgehead atoms. The summed E-state index contributed by atoms with van der Waals surface area (Å²) in [4.78, 5) is 12.0. The van der Waals surface area contributed by atoms with Crippen molar-refractivity contribution in [2.75, 3.05) is 5.32 Å². The summed E-state index contributed by atoms with van der Waals surface area (Å²) in [5, 5.41) is 14.0. The number of carbonyl (C=O) groups excluding carboxylic acids is 1. The molecule has 1 aromatic heterocycles. The Kier molecular flexibility index (Phi) is 2.98. The van der Waals surface area contributed by atoms with E-state index in [-0.39, 0.29) is 11.8 Å². The average molecular weight is 257 g/mol. The monoisotopic (exact) mass is 257 g/mol. The van der Waals surface area contributed by atoms with Crippen molar-refractivity contribution < 1.29 is 4.79 Å². The summed E-state index contributed by atoms with van der Waals surface area (Å²) in [5.41, 5.74) is 2.69. The molecule has 1 saturated carbocycles. The fourth-order valence-corrected chi connectivity index (χ4v) is 2.07. The minimum absolute atomic E-state index is 0.114. The highest BCUT2D eigenvalue weighted by molar-refractivity contribution is 5.94. The number of tetrazole rings is 1. The van der Waals surface area contributed by atoms with E-state index < -0.39 is 0 Å². The van der Waals surface area contributed by atoms with E-state index in [2.05, 4.69) is 20.8 Å². The average Bonchev–Trinajstić information content (AvgIpc) is 2.83. The van der Waals surface area contributed by atoms with Crippen molar-refractivity contribution in [3.63, 3.8) is 0 Å². The molecular weight excluding hydrogens is 242 g/mol. The van der Waals surface area contributed by atoms with Gasteiger partial charge >= 0.3 is 0 Å². The number of nitrogens with zero attached hydrogens (tertiary/aromatic N) is 4. The largest absolute Gasteiger partial charge is 0.326 e. The number of nitrogens with one attached hydrogen (secondary N) is 1. The molecule has 6 nitrogen and oxygen atoms in total. The first-order chi connectivity index (χ1) is 9.24. The quantitative estimate of drug-likeness (QED) is 0.908. The van der Waals surface area contributed by atoms with E-state index in [0.717, 1.165) is 36.2 Å². The van der Waals surface area contributed by atoms with Gasteiger partial charge in [-0.05, 0) is 47.9 Å². The van der Waals surface area contributed by atoms with Gasteiger partial charge in [0.05, 0.1) is 5.69 Å². The van der Waals surface area contributed by atoms with Crippen LogP contribution in [0, 0.1) is 12.8 Å². The van der Waals surface area contributed by atoms with Crippen molar-refractivity contribution in [2.24, 2.45) is 5.92 Å². The highest BCUT2D eigenvalue weighted by atomic mass is 16.1. The number of anilines is 1. The lowest BCUT2D eigenvalue weighted by Crippen LogP contribution is -2.28. The van der Waals surface area contributed by atoms with E-state index in [0.29, 0.717) is 0 Å². The van der Waals surface area contributed by atoms with Crippen LogP contribution in [0.1, 0.15) is 24.8 Å². The number of aryl methyl sites for hydroxylation is 1. The Morgan fingerprint density at radius 2 is 2.26 bits per heavy atom. The molecule has 0 atom stereocenters. The fraction of sp³-hybridized carbons (Fsp3) is 0.385. The molecule has 6 heteroatoms. The molecule has 3 rings (SSSR count). The molecule has 0 aliphatic heterocycles. The first-order valence-electron chi connectivity index (χ1n) is 6.39. The lowest BCUT2D eigenvalue weighted by molar-refractivity contribution is -0.122. The number of hydrogen-bond donors (Lipinski definition) is 1. The molecule has 0 saturated heterocycles. The maximum absolute atomic E-state index is 12.0. The van der Waals surface area contributed by atoms with Crippen LogP contribution in [-0.2, 0) is 4.79 Å². The van der Waals surface area contributed by atoms with Crippen molar-refractivity contribution in [3.8, 4) is 5.69 Å². The third kappa shape index (κ3) is 2.33. The van der Waals surface area contributed by atoms with E-state index in [1.54, 1.807) is 4.68 Å². The zero-order valence-corrected chi connectivity index (χ0v) is 10.7. The third-order valence-corrected chi connectivity index (χ3v) is 3.57. The van der Waals surface area contributed by atoms with Gasteiger partial charge in [0.15, 0.2) is 0 Å². The molecule has 19 heavy (non-hydrogen) atoms. The second-order valence-corrected chi connectivity index (χ2v) is 4.87. The number of benzene rings is 1. The van der Waals surface area contributed by atoms with Crippen LogP contribution >= 0.6 is 0 Å². The van der Waals surface area contributed by atoms with Crippen LogP contribution in [0.2, 0.25) is 0 Å². The summed E-state index contributed by atoms with van der Waals surface area (Å²) in [5.74, 6) is 0.291. The van der Waals surface area contributed by atoms with Gasteiger partial charge in [-0.3, -0.25) is 4.79 Å². The molecule has 0 spiro atoms. The molecule has 2 aromatic rings. The second kappa shape index (κ2) is 4.79. The second-order valence-electron chi connectivity index (χ2n) is 4.87. The molecule has 1 amide bonds. The van der Waals surface area contributed by atoms with Crippen molar-refractivity contribution in [1.29, 1.82) is 0 Å². The molecular formula is C13H15N5O. The molecule has 0 unspecified atom stereocenters. The van der Waals surface area contributed by atoms with Gasteiger partial charge in [-0.25, -0.2) is 4.68 Å². The maximum atomic E-state index is 12.0. The van der Waals surface area contributed by atoms with Crippen molar-refractivity contribution in [2.45, 2.75) is 26.2 Å².